The van der Waals surface area contributed by atoms with Crippen molar-refractivity contribution in [2.45, 2.75) is 19.4 Å². The largest absolute Gasteiger partial charge is 0.378 e. The van der Waals surface area contributed by atoms with Gasteiger partial charge in [0.2, 0.25) is 0 Å². The molecule has 3 nitrogen and oxygen atoms in total. The van der Waals surface area contributed by atoms with Crippen molar-refractivity contribution in [2.75, 3.05) is 19.4 Å². The minimum absolute atomic E-state index is 0.0247. The second-order valence-corrected chi connectivity index (χ2v) is 5.29. The third kappa shape index (κ3) is 3.85. The summed E-state index contributed by atoms with van der Waals surface area (Å²) in [7, 11) is 3.52. The molecule has 2 aromatic rings. The van der Waals surface area contributed by atoms with Gasteiger partial charge in [-0.3, -0.25) is 4.79 Å². The molecule has 0 fully saturated rings. The van der Waals surface area contributed by atoms with Crippen LogP contribution in [0.25, 0.3) is 0 Å². The summed E-state index contributed by atoms with van der Waals surface area (Å²) in [6.45, 7) is 2.16. The zero-order chi connectivity index (χ0) is 15.2. The number of carbonyl (C=O) groups excluding carboxylic acids is 1. The molecule has 0 saturated heterocycles. The van der Waals surface area contributed by atoms with Crippen LogP contribution in [0.5, 0.6) is 0 Å². The van der Waals surface area contributed by atoms with Gasteiger partial charge >= 0.3 is 0 Å². The number of rotatable bonds is 5. The molecule has 1 unspecified atom stereocenters. The van der Waals surface area contributed by atoms with Crippen LogP contribution in [0.2, 0.25) is 0 Å². The Morgan fingerprint density at radius 1 is 1.05 bits per heavy atom. The third-order valence-corrected chi connectivity index (χ3v) is 3.49. The van der Waals surface area contributed by atoms with Crippen LogP contribution in [0, 0.1) is 0 Å². The third-order valence-electron chi connectivity index (χ3n) is 3.49. The Bertz CT molecular complexity index is 576. The fourth-order valence-corrected chi connectivity index (χ4v) is 2.27. The number of nitrogens with zero attached hydrogens (tertiary/aromatic N) is 1. The first-order valence-corrected chi connectivity index (χ1v) is 7.25. The van der Waals surface area contributed by atoms with Gasteiger partial charge in [0, 0.05) is 25.3 Å². The van der Waals surface area contributed by atoms with Crippen LogP contribution in [0.1, 0.15) is 35.3 Å². The van der Waals surface area contributed by atoms with Gasteiger partial charge in [-0.25, -0.2) is 0 Å². The molecule has 0 bridgehead atoms. The van der Waals surface area contributed by atoms with E-state index in [1.807, 2.05) is 30.3 Å². The molecule has 1 atom stereocenters. The molecule has 0 aromatic heterocycles. The summed E-state index contributed by atoms with van der Waals surface area (Å²) < 4.78 is 0. The van der Waals surface area contributed by atoms with Crippen molar-refractivity contribution in [1.82, 2.24) is 4.90 Å². The predicted octanol–water partition coefficient (Wildman–Crippen LogP) is 3.95. The maximum Gasteiger partial charge on any atom is 0.253 e. The fraction of sp³-hybridized carbons (Fsp3) is 0.278. The maximum absolute atomic E-state index is 11.9. The second kappa shape index (κ2) is 6.93. The normalized spacial score (nSPS) is 11.8. The summed E-state index contributed by atoms with van der Waals surface area (Å²) in [5.74, 6) is 0.0247. The molecular formula is C18H22N2O. The summed E-state index contributed by atoms with van der Waals surface area (Å²) in [6.07, 6.45) is 1.00. The first kappa shape index (κ1) is 15.1. The number of anilines is 1. The van der Waals surface area contributed by atoms with Crippen molar-refractivity contribution >= 4 is 11.6 Å². The predicted molar refractivity (Wildman–Crippen MR) is 87.6 cm³/mol. The van der Waals surface area contributed by atoms with E-state index in [1.54, 1.807) is 19.0 Å². The molecule has 0 aliphatic rings. The molecule has 2 aromatic carbocycles. The Morgan fingerprint density at radius 2 is 1.67 bits per heavy atom. The lowest BCUT2D eigenvalue weighted by Crippen LogP contribution is -2.21. The first-order valence-electron chi connectivity index (χ1n) is 7.25. The molecule has 0 spiro atoms. The van der Waals surface area contributed by atoms with E-state index >= 15 is 0 Å². The van der Waals surface area contributed by atoms with E-state index in [-0.39, 0.29) is 11.9 Å². The molecule has 0 aliphatic carbocycles. The van der Waals surface area contributed by atoms with Crippen LogP contribution in [-0.2, 0) is 0 Å². The Labute approximate surface area is 126 Å². The number of benzene rings is 2. The number of hydrogen-bond donors (Lipinski definition) is 1. The average molecular weight is 282 g/mol. The number of amides is 1. The van der Waals surface area contributed by atoms with E-state index in [0.29, 0.717) is 5.56 Å². The second-order valence-electron chi connectivity index (χ2n) is 5.29. The maximum atomic E-state index is 11.9. The molecule has 1 N–H and O–H groups in total. The van der Waals surface area contributed by atoms with Crippen LogP contribution in [0.4, 0.5) is 5.69 Å². The van der Waals surface area contributed by atoms with Crippen LogP contribution in [0.15, 0.2) is 54.6 Å². The molecule has 0 radical (unpaired) electrons. The lowest BCUT2D eigenvalue weighted by molar-refractivity contribution is 0.0827. The highest BCUT2D eigenvalue weighted by molar-refractivity contribution is 5.94. The lowest BCUT2D eigenvalue weighted by Gasteiger charge is -2.19. The number of carbonyl (C=O) groups is 1. The van der Waals surface area contributed by atoms with Crippen LogP contribution < -0.4 is 5.32 Å². The van der Waals surface area contributed by atoms with E-state index in [9.17, 15) is 4.79 Å². The van der Waals surface area contributed by atoms with E-state index in [4.69, 9.17) is 0 Å². The molecule has 3 heteroatoms. The summed E-state index contributed by atoms with van der Waals surface area (Å²) in [4.78, 5) is 13.4. The Kier molecular flexibility index (Phi) is 4.99. The van der Waals surface area contributed by atoms with Gasteiger partial charge in [0.25, 0.3) is 5.91 Å². The van der Waals surface area contributed by atoms with Gasteiger partial charge in [0.05, 0.1) is 6.04 Å². The highest BCUT2D eigenvalue weighted by Crippen LogP contribution is 2.22. The van der Waals surface area contributed by atoms with Gasteiger partial charge < -0.3 is 10.2 Å². The smallest absolute Gasteiger partial charge is 0.253 e. The SMILES string of the molecule is CCC(Nc1ccc(C(=O)N(C)C)cc1)c1ccccc1. The van der Waals surface area contributed by atoms with Crippen molar-refractivity contribution in [3.63, 3.8) is 0 Å². The monoisotopic (exact) mass is 282 g/mol. The van der Waals surface area contributed by atoms with E-state index in [1.165, 1.54) is 5.56 Å². The zero-order valence-electron chi connectivity index (χ0n) is 12.8. The molecular weight excluding hydrogens is 260 g/mol. The van der Waals surface area contributed by atoms with E-state index in [0.717, 1.165) is 12.1 Å². The molecule has 0 saturated carbocycles. The summed E-state index contributed by atoms with van der Waals surface area (Å²) in [6, 6.07) is 18.3. The highest BCUT2D eigenvalue weighted by Gasteiger charge is 2.10. The topological polar surface area (TPSA) is 32.3 Å². The van der Waals surface area contributed by atoms with Gasteiger partial charge in [-0.05, 0) is 36.2 Å². The van der Waals surface area contributed by atoms with Crippen molar-refractivity contribution in [3.05, 3.63) is 65.7 Å². The van der Waals surface area contributed by atoms with Crippen LogP contribution in [0.3, 0.4) is 0 Å². The Morgan fingerprint density at radius 3 is 2.19 bits per heavy atom. The van der Waals surface area contributed by atoms with Gasteiger partial charge in [-0.1, -0.05) is 37.3 Å². The zero-order valence-corrected chi connectivity index (χ0v) is 12.8. The quantitative estimate of drug-likeness (QED) is 0.900. The summed E-state index contributed by atoms with van der Waals surface area (Å²) in [5, 5.41) is 3.52. The molecule has 21 heavy (non-hydrogen) atoms. The molecule has 110 valence electrons. The Balaban J connectivity index is 2.10. The molecule has 0 heterocycles. The van der Waals surface area contributed by atoms with Crippen molar-refractivity contribution in [1.29, 1.82) is 0 Å². The van der Waals surface area contributed by atoms with Crippen LogP contribution in [-0.4, -0.2) is 24.9 Å². The van der Waals surface area contributed by atoms with Gasteiger partial charge in [0.15, 0.2) is 0 Å². The molecule has 0 aliphatic heterocycles. The summed E-state index contributed by atoms with van der Waals surface area (Å²) in [5.41, 5.74) is 3.01. The van der Waals surface area contributed by atoms with Crippen molar-refractivity contribution in [2.24, 2.45) is 0 Å². The van der Waals surface area contributed by atoms with E-state index in [2.05, 4.69) is 36.5 Å². The lowest BCUT2D eigenvalue weighted by atomic mass is 10.0. The fourth-order valence-electron chi connectivity index (χ4n) is 2.27. The van der Waals surface area contributed by atoms with Gasteiger partial charge in [0.1, 0.15) is 0 Å². The van der Waals surface area contributed by atoms with Gasteiger partial charge in [-0.2, -0.15) is 0 Å². The molecule has 2 rings (SSSR count). The Hall–Kier alpha value is -2.29. The van der Waals surface area contributed by atoms with E-state index < -0.39 is 0 Å². The standard InChI is InChI=1S/C18H22N2O/c1-4-17(14-8-6-5-7-9-14)19-16-12-10-15(11-13-16)18(21)20(2)3/h5-13,17,19H,4H2,1-3H3. The average Bonchev–Trinajstić information content (AvgIpc) is 2.53. The minimum Gasteiger partial charge on any atom is -0.378 e. The molecule has 1 amide bonds. The van der Waals surface area contributed by atoms with Crippen molar-refractivity contribution < 1.29 is 4.79 Å². The van der Waals surface area contributed by atoms with Crippen LogP contribution >= 0.6 is 0 Å². The number of hydrogen-bond acceptors (Lipinski definition) is 2. The first-order chi connectivity index (χ1) is 10.1. The summed E-state index contributed by atoms with van der Waals surface area (Å²) >= 11 is 0. The number of nitrogens with one attached hydrogen (secondary N) is 1. The highest BCUT2D eigenvalue weighted by atomic mass is 16.2. The van der Waals surface area contributed by atoms with Gasteiger partial charge in [-0.15, -0.1) is 0 Å². The van der Waals surface area contributed by atoms with Crippen molar-refractivity contribution in [3.8, 4) is 0 Å². The minimum atomic E-state index is 0.0247.